The second-order valence-corrected chi connectivity index (χ2v) is 6.85. The Balaban J connectivity index is 2.09. The Morgan fingerprint density at radius 2 is 1.71 bits per heavy atom. The Morgan fingerprint density at radius 3 is 2.25 bits per heavy atom. The van der Waals surface area contributed by atoms with E-state index in [-0.39, 0.29) is 17.2 Å². The highest BCUT2D eigenvalue weighted by atomic mass is 32.2. The lowest BCUT2D eigenvalue weighted by Gasteiger charge is -2.09. The van der Waals surface area contributed by atoms with Crippen molar-refractivity contribution in [3.63, 3.8) is 0 Å². The first kappa shape index (κ1) is 17.7. The molecule has 0 saturated heterocycles. The number of ether oxygens (including phenoxy) is 1. The average Bonchev–Trinajstić information content (AvgIpc) is 2.53. The summed E-state index contributed by atoms with van der Waals surface area (Å²) < 4.78 is 44.6. The summed E-state index contributed by atoms with van der Waals surface area (Å²) in [5, 5.41) is 0. The van der Waals surface area contributed by atoms with Crippen LogP contribution in [0.4, 0.5) is 10.1 Å². The molecule has 0 heterocycles. The number of sulfonamides is 1. The molecule has 1 N–H and O–H groups in total. The fourth-order valence-electron chi connectivity index (χ4n) is 1.77. The predicted molar refractivity (Wildman–Crippen MR) is 88.7 cm³/mol. The molecule has 0 aliphatic heterocycles. The van der Waals surface area contributed by atoms with Crippen LogP contribution < -0.4 is 4.72 Å². The van der Waals surface area contributed by atoms with E-state index in [4.69, 9.17) is 4.74 Å². The summed E-state index contributed by atoms with van der Waals surface area (Å²) in [6.45, 7) is 5.49. The fraction of sp³-hybridized carbons (Fsp3) is 0.118. The van der Waals surface area contributed by atoms with Crippen LogP contribution in [0.25, 0.3) is 0 Å². The van der Waals surface area contributed by atoms with E-state index in [9.17, 15) is 17.6 Å². The minimum atomic E-state index is -3.83. The van der Waals surface area contributed by atoms with Gasteiger partial charge in [0, 0.05) is 5.69 Å². The van der Waals surface area contributed by atoms with Crippen molar-refractivity contribution in [2.75, 3.05) is 11.3 Å². The number of hydrogen-bond acceptors (Lipinski definition) is 4. The highest BCUT2D eigenvalue weighted by molar-refractivity contribution is 7.92. The molecule has 0 amide bonds. The summed E-state index contributed by atoms with van der Waals surface area (Å²) in [6, 6.07) is 10.2. The van der Waals surface area contributed by atoms with Gasteiger partial charge >= 0.3 is 5.97 Å². The van der Waals surface area contributed by atoms with Crippen LogP contribution in [0.3, 0.4) is 0 Å². The molecule has 126 valence electrons. The van der Waals surface area contributed by atoms with E-state index in [1.165, 1.54) is 36.4 Å². The van der Waals surface area contributed by atoms with Gasteiger partial charge in [0.15, 0.2) is 0 Å². The number of carbonyl (C=O) groups excluding carboxylic acids is 1. The molecule has 2 rings (SSSR count). The van der Waals surface area contributed by atoms with Crippen LogP contribution in [-0.2, 0) is 14.8 Å². The van der Waals surface area contributed by atoms with Gasteiger partial charge in [0.2, 0.25) is 0 Å². The zero-order valence-corrected chi connectivity index (χ0v) is 13.8. The Bertz CT molecular complexity index is 843. The number of nitrogens with one attached hydrogen (secondary N) is 1. The SMILES string of the molecule is C=C(C)COC(=O)c1ccc(NS(=O)(=O)c2ccc(F)cc2)cc1. The highest BCUT2D eigenvalue weighted by Gasteiger charge is 2.14. The summed E-state index contributed by atoms with van der Waals surface area (Å²) in [5.41, 5.74) is 1.28. The van der Waals surface area contributed by atoms with Crippen LogP contribution >= 0.6 is 0 Å². The van der Waals surface area contributed by atoms with E-state index in [2.05, 4.69) is 11.3 Å². The Labute approximate surface area is 139 Å². The molecule has 0 bridgehead atoms. The predicted octanol–water partition coefficient (Wildman–Crippen LogP) is 3.36. The molecule has 7 heteroatoms. The van der Waals surface area contributed by atoms with E-state index in [1.54, 1.807) is 6.92 Å². The maximum Gasteiger partial charge on any atom is 0.338 e. The normalized spacial score (nSPS) is 10.9. The van der Waals surface area contributed by atoms with Crippen molar-refractivity contribution in [3.8, 4) is 0 Å². The van der Waals surface area contributed by atoms with Crippen molar-refractivity contribution < 1.29 is 22.3 Å². The maximum atomic E-state index is 12.9. The number of halogens is 1. The molecule has 0 atom stereocenters. The topological polar surface area (TPSA) is 72.5 Å². The lowest BCUT2D eigenvalue weighted by molar-refractivity contribution is 0.0540. The van der Waals surface area contributed by atoms with Gasteiger partial charge in [-0.15, -0.1) is 0 Å². The smallest absolute Gasteiger partial charge is 0.338 e. The van der Waals surface area contributed by atoms with Gasteiger partial charge in [-0.05, 0) is 61.0 Å². The molecule has 0 unspecified atom stereocenters. The first-order valence-corrected chi connectivity index (χ1v) is 8.46. The van der Waals surface area contributed by atoms with Crippen LogP contribution in [0.2, 0.25) is 0 Å². The average molecular weight is 349 g/mol. The monoisotopic (exact) mass is 349 g/mol. The van der Waals surface area contributed by atoms with Crippen LogP contribution in [0.1, 0.15) is 17.3 Å². The highest BCUT2D eigenvalue weighted by Crippen LogP contribution is 2.17. The largest absolute Gasteiger partial charge is 0.458 e. The van der Waals surface area contributed by atoms with Gasteiger partial charge in [-0.1, -0.05) is 6.58 Å². The van der Waals surface area contributed by atoms with Crippen molar-refractivity contribution in [2.45, 2.75) is 11.8 Å². The first-order valence-electron chi connectivity index (χ1n) is 6.98. The molecule has 5 nitrogen and oxygen atoms in total. The van der Waals surface area contributed by atoms with Gasteiger partial charge in [-0.2, -0.15) is 0 Å². The molecule has 2 aromatic rings. The number of benzene rings is 2. The molecule has 0 spiro atoms. The molecule has 0 saturated carbocycles. The lowest BCUT2D eigenvalue weighted by Crippen LogP contribution is -2.13. The van der Waals surface area contributed by atoms with Crippen molar-refractivity contribution in [2.24, 2.45) is 0 Å². The molecular weight excluding hydrogens is 333 g/mol. The maximum absolute atomic E-state index is 12.9. The van der Waals surface area contributed by atoms with Gasteiger partial charge in [0.25, 0.3) is 10.0 Å². The van der Waals surface area contributed by atoms with Gasteiger partial charge in [-0.3, -0.25) is 4.72 Å². The fourth-order valence-corrected chi connectivity index (χ4v) is 2.83. The van der Waals surface area contributed by atoms with E-state index in [1.807, 2.05) is 0 Å². The van der Waals surface area contributed by atoms with E-state index in [0.717, 1.165) is 12.1 Å². The van der Waals surface area contributed by atoms with Gasteiger partial charge < -0.3 is 4.74 Å². The Hall–Kier alpha value is -2.67. The Morgan fingerprint density at radius 1 is 1.12 bits per heavy atom. The first-order chi connectivity index (χ1) is 11.3. The third-order valence-corrected chi connectivity index (χ3v) is 4.34. The molecule has 0 aromatic heterocycles. The second-order valence-electron chi connectivity index (χ2n) is 5.17. The third kappa shape index (κ3) is 4.66. The summed E-state index contributed by atoms with van der Waals surface area (Å²) >= 11 is 0. The van der Waals surface area contributed by atoms with Crippen molar-refractivity contribution in [1.29, 1.82) is 0 Å². The van der Waals surface area contributed by atoms with Crippen molar-refractivity contribution in [3.05, 3.63) is 72.1 Å². The molecule has 0 radical (unpaired) electrons. The van der Waals surface area contributed by atoms with E-state index in [0.29, 0.717) is 11.1 Å². The molecule has 24 heavy (non-hydrogen) atoms. The summed E-state index contributed by atoms with van der Waals surface area (Å²) in [6.07, 6.45) is 0. The van der Waals surface area contributed by atoms with E-state index >= 15 is 0 Å². The van der Waals surface area contributed by atoms with Gasteiger partial charge in [0.1, 0.15) is 12.4 Å². The molecule has 0 aliphatic carbocycles. The van der Waals surface area contributed by atoms with Crippen molar-refractivity contribution >= 4 is 21.7 Å². The number of anilines is 1. The molecule has 0 aliphatic rings. The quantitative estimate of drug-likeness (QED) is 0.641. The van der Waals surface area contributed by atoms with Crippen molar-refractivity contribution in [1.82, 2.24) is 0 Å². The number of hydrogen-bond donors (Lipinski definition) is 1. The molecular formula is C17H16FNO4S. The number of carbonyl (C=O) groups is 1. The minimum absolute atomic E-state index is 0.0613. The molecule has 2 aromatic carbocycles. The molecule has 0 fully saturated rings. The number of rotatable bonds is 6. The number of esters is 1. The van der Waals surface area contributed by atoms with Crippen LogP contribution in [0, 0.1) is 5.82 Å². The summed E-state index contributed by atoms with van der Waals surface area (Å²) in [4.78, 5) is 11.7. The lowest BCUT2D eigenvalue weighted by atomic mass is 10.2. The second kappa shape index (κ2) is 7.27. The van der Waals surface area contributed by atoms with Gasteiger partial charge in [0.05, 0.1) is 10.5 Å². The van der Waals surface area contributed by atoms with E-state index < -0.39 is 21.8 Å². The Kier molecular flexibility index (Phi) is 5.35. The van der Waals surface area contributed by atoms with Crippen LogP contribution in [0.15, 0.2) is 65.6 Å². The summed E-state index contributed by atoms with van der Waals surface area (Å²) in [7, 11) is -3.83. The summed E-state index contributed by atoms with van der Waals surface area (Å²) in [5.74, 6) is -1.04. The third-order valence-electron chi connectivity index (χ3n) is 2.95. The van der Waals surface area contributed by atoms with Gasteiger partial charge in [-0.25, -0.2) is 17.6 Å². The van der Waals surface area contributed by atoms with Crippen LogP contribution in [0.5, 0.6) is 0 Å². The minimum Gasteiger partial charge on any atom is -0.458 e. The van der Waals surface area contributed by atoms with Crippen LogP contribution in [-0.4, -0.2) is 21.0 Å². The zero-order valence-electron chi connectivity index (χ0n) is 13.0. The zero-order chi connectivity index (χ0) is 17.7. The standard InChI is InChI=1S/C17H16FNO4S/c1-12(2)11-23-17(20)13-3-7-15(8-4-13)19-24(21,22)16-9-5-14(18)6-10-16/h3-10,19H,1,11H2,2H3.